The van der Waals surface area contributed by atoms with Gasteiger partial charge in [-0.1, -0.05) is 58.9 Å². The molecule has 0 unspecified atom stereocenters. The van der Waals surface area contributed by atoms with Gasteiger partial charge in [0.1, 0.15) is 5.82 Å². The summed E-state index contributed by atoms with van der Waals surface area (Å²) in [5.74, 6) is 1.68. The Morgan fingerprint density at radius 2 is 1.84 bits per heavy atom. The van der Waals surface area contributed by atoms with Crippen molar-refractivity contribution in [1.29, 1.82) is 0 Å². The number of aromatic nitrogens is 5. The minimum Gasteiger partial charge on any atom is -0.338 e. The molecule has 0 aliphatic carbocycles. The maximum Gasteiger partial charge on any atom is 0.267 e. The first-order valence-corrected chi connectivity index (χ1v) is 11.1. The van der Waals surface area contributed by atoms with Crippen LogP contribution in [0.5, 0.6) is 0 Å². The van der Waals surface area contributed by atoms with Crippen molar-refractivity contribution in [2.45, 2.75) is 17.8 Å². The third-order valence-electron chi connectivity index (χ3n) is 4.85. The van der Waals surface area contributed by atoms with Gasteiger partial charge in [-0.2, -0.15) is 4.98 Å². The fraction of sp³-hybridized carbons (Fsp3) is 0.0870. The molecule has 0 aliphatic heterocycles. The van der Waals surface area contributed by atoms with Gasteiger partial charge in [0.2, 0.25) is 11.7 Å². The van der Waals surface area contributed by atoms with Gasteiger partial charge in [0, 0.05) is 11.8 Å². The molecule has 0 saturated carbocycles. The first-order chi connectivity index (χ1) is 15.6. The van der Waals surface area contributed by atoms with E-state index in [1.807, 2.05) is 55.5 Å². The van der Waals surface area contributed by atoms with Crippen LogP contribution in [0.25, 0.3) is 28.1 Å². The molecule has 0 atom stereocenters. The molecule has 5 aromatic rings. The minimum atomic E-state index is -0.179. The zero-order valence-corrected chi connectivity index (χ0v) is 18.5. The van der Waals surface area contributed by atoms with Gasteiger partial charge in [-0.3, -0.25) is 4.79 Å². The average Bonchev–Trinajstić information content (AvgIpc) is 3.28. The van der Waals surface area contributed by atoms with E-state index in [1.165, 1.54) is 16.3 Å². The minimum absolute atomic E-state index is 0.179. The highest BCUT2D eigenvalue weighted by Gasteiger charge is 2.18. The molecule has 0 bridgehead atoms. The van der Waals surface area contributed by atoms with Crippen LogP contribution in [0.4, 0.5) is 0 Å². The summed E-state index contributed by atoms with van der Waals surface area (Å²) in [7, 11) is 0. The average molecular weight is 462 g/mol. The summed E-state index contributed by atoms with van der Waals surface area (Å²) in [6, 6.07) is 18.3. The Morgan fingerprint density at radius 1 is 1.03 bits per heavy atom. The monoisotopic (exact) mass is 461 g/mol. The molecule has 32 heavy (non-hydrogen) atoms. The van der Waals surface area contributed by atoms with Gasteiger partial charge in [0.25, 0.3) is 5.56 Å². The standard InChI is InChI=1S/C23H16ClN5O2S/c1-14-7-6-12-25-21(14)29-22(30)16-9-3-5-11-18(16)26-23(29)32-13-19-27-20(28-31-19)15-8-2-4-10-17(15)24/h2-12H,13H2,1H3. The fourth-order valence-corrected chi connectivity index (χ4v) is 4.35. The molecule has 3 heterocycles. The summed E-state index contributed by atoms with van der Waals surface area (Å²) in [6.45, 7) is 1.91. The van der Waals surface area contributed by atoms with Crippen molar-refractivity contribution < 1.29 is 4.52 Å². The van der Waals surface area contributed by atoms with E-state index in [-0.39, 0.29) is 5.56 Å². The molecule has 0 saturated heterocycles. The van der Waals surface area contributed by atoms with E-state index < -0.39 is 0 Å². The molecule has 2 aromatic carbocycles. The van der Waals surface area contributed by atoms with Gasteiger partial charge in [0.05, 0.1) is 21.7 Å². The van der Waals surface area contributed by atoms with Crippen LogP contribution in [0.15, 0.2) is 81.3 Å². The van der Waals surface area contributed by atoms with E-state index in [0.29, 0.717) is 49.9 Å². The van der Waals surface area contributed by atoms with E-state index >= 15 is 0 Å². The second-order valence-corrected chi connectivity index (χ2v) is 8.33. The van der Waals surface area contributed by atoms with Crippen molar-refractivity contribution in [3.63, 3.8) is 0 Å². The van der Waals surface area contributed by atoms with Gasteiger partial charge in [-0.15, -0.1) is 0 Å². The highest BCUT2D eigenvalue weighted by molar-refractivity contribution is 7.98. The number of fused-ring (bicyclic) bond motifs is 1. The number of nitrogens with zero attached hydrogens (tertiary/aromatic N) is 5. The second-order valence-electron chi connectivity index (χ2n) is 6.98. The first-order valence-electron chi connectivity index (χ1n) is 9.76. The van der Waals surface area contributed by atoms with Crippen molar-refractivity contribution in [3.05, 3.63) is 93.7 Å². The summed E-state index contributed by atoms with van der Waals surface area (Å²) in [6.07, 6.45) is 1.66. The fourth-order valence-electron chi connectivity index (χ4n) is 3.30. The summed E-state index contributed by atoms with van der Waals surface area (Å²) >= 11 is 7.56. The lowest BCUT2D eigenvalue weighted by Gasteiger charge is -2.13. The Kier molecular flexibility index (Phi) is 5.46. The van der Waals surface area contributed by atoms with E-state index in [0.717, 1.165) is 5.56 Å². The van der Waals surface area contributed by atoms with Crippen LogP contribution in [-0.4, -0.2) is 24.7 Å². The Morgan fingerprint density at radius 3 is 2.69 bits per heavy atom. The molecular weight excluding hydrogens is 446 g/mol. The number of aryl methyl sites for hydroxylation is 1. The van der Waals surface area contributed by atoms with Crippen LogP contribution in [0, 0.1) is 6.92 Å². The predicted molar refractivity (Wildman–Crippen MR) is 124 cm³/mol. The van der Waals surface area contributed by atoms with Gasteiger partial charge >= 0.3 is 0 Å². The lowest BCUT2D eigenvalue weighted by atomic mass is 10.2. The van der Waals surface area contributed by atoms with E-state index in [1.54, 1.807) is 18.3 Å². The summed E-state index contributed by atoms with van der Waals surface area (Å²) in [5, 5.41) is 5.60. The molecule has 0 spiro atoms. The zero-order chi connectivity index (χ0) is 22.1. The van der Waals surface area contributed by atoms with Crippen molar-refractivity contribution in [2.24, 2.45) is 0 Å². The first kappa shape index (κ1) is 20.4. The largest absolute Gasteiger partial charge is 0.338 e. The van der Waals surface area contributed by atoms with Crippen LogP contribution < -0.4 is 5.56 Å². The van der Waals surface area contributed by atoms with Crippen molar-refractivity contribution in [3.8, 4) is 17.2 Å². The number of hydrogen-bond donors (Lipinski definition) is 0. The van der Waals surface area contributed by atoms with Crippen molar-refractivity contribution in [1.82, 2.24) is 24.7 Å². The van der Waals surface area contributed by atoms with Gasteiger partial charge in [0.15, 0.2) is 5.16 Å². The Hall–Kier alpha value is -3.49. The Balaban J connectivity index is 1.54. The summed E-state index contributed by atoms with van der Waals surface area (Å²) in [4.78, 5) is 26.9. The maximum absolute atomic E-state index is 13.3. The van der Waals surface area contributed by atoms with Crippen LogP contribution in [0.1, 0.15) is 11.5 Å². The number of hydrogen-bond acceptors (Lipinski definition) is 7. The third-order valence-corrected chi connectivity index (χ3v) is 6.10. The normalized spacial score (nSPS) is 11.2. The van der Waals surface area contributed by atoms with E-state index in [4.69, 9.17) is 21.1 Å². The van der Waals surface area contributed by atoms with Gasteiger partial charge in [-0.25, -0.2) is 14.5 Å². The lowest BCUT2D eigenvalue weighted by molar-refractivity contribution is 0.391. The topological polar surface area (TPSA) is 86.7 Å². The van der Waals surface area contributed by atoms with Crippen LogP contribution in [0.2, 0.25) is 5.02 Å². The third kappa shape index (κ3) is 3.79. The molecule has 158 valence electrons. The number of para-hydroxylation sites is 1. The van der Waals surface area contributed by atoms with Gasteiger partial charge < -0.3 is 4.52 Å². The number of thioether (sulfide) groups is 1. The molecule has 0 amide bonds. The summed E-state index contributed by atoms with van der Waals surface area (Å²) in [5.41, 5.74) is 2.00. The van der Waals surface area contributed by atoms with E-state index in [9.17, 15) is 4.79 Å². The maximum atomic E-state index is 13.3. The van der Waals surface area contributed by atoms with Crippen molar-refractivity contribution >= 4 is 34.3 Å². The molecular formula is C23H16ClN5O2S. The van der Waals surface area contributed by atoms with Crippen molar-refractivity contribution in [2.75, 3.05) is 0 Å². The zero-order valence-electron chi connectivity index (χ0n) is 16.9. The van der Waals surface area contributed by atoms with Crippen LogP contribution in [0.3, 0.4) is 0 Å². The Bertz CT molecular complexity index is 1500. The quantitative estimate of drug-likeness (QED) is 0.266. The second kappa shape index (κ2) is 8.57. The summed E-state index contributed by atoms with van der Waals surface area (Å²) < 4.78 is 6.95. The number of pyridine rings is 1. The molecule has 0 radical (unpaired) electrons. The highest BCUT2D eigenvalue weighted by atomic mass is 35.5. The molecule has 0 aliphatic rings. The van der Waals surface area contributed by atoms with Crippen LogP contribution in [-0.2, 0) is 5.75 Å². The molecule has 0 fully saturated rings. The predicted octanol–water partition coefficient (Wildman–Crippen LogP) is 5.08. The molecule has 3 aromatic heterocycles. The van der Waals surface area contributed by atoms with Crippen LogP contribution >= 0.6 is 23.4 Å². The number of benzene rings is 2. The SMILES string of the molecule is Cc1cccnc1-n1c(SCc2nc(-c3ccccc3Cl)no2)nc2ccccc2c1=O. The molecule has 9 heteroatoms. The van der Waals surface area contributed by atoms with E-state index in [2.05, 4.69) is 15.1 Å². The van der Waals surface area contributed by atoms with Gasteiger partial charge in [-0.05, 0) is 42.8 Å². The highest BCUT2D eigenvalue weighted by Crippen LogP contribution is 2.28. The Labute approximate surface area is 192 Å². The number of rotatable bonds is 5. The number of halogens is 1. The smallest absolute Gasteiger partial charge is 0.267 e. The molecule has 7 nitrogen and oxygen atoms in total. The molecule has 5 rings (SSSR count). The lowest BCUT2D eigenvalue weighted by Crippen LogP contribution is -2.23. The molecule has 0 N–H and O–H groups in total.